The normalized spacial score (nSPS) is 16.5. The Morgan fingerprint density at radius 1 is 1.04 bits per heavy atom. The first-order valence-corrected chi connectivity index (χ1v) is 9.18. The van der Waals surface area contributed by atoms with Crippen LogP contribution in [0.4, 0.5) is 0 Å². The average Bonchev–Trinajstić information content (AvgIpc) is 3.16. The van der Waals surface area contributed by atoms with Gasteiger partial charge < -0.3 is 20.1 Å². The van der Waals surface area contributed by atoms with Gasteiger partial charge in [-0.3, -0.25) is 9.59 Å². The SMILES string of the molecule is CN(C(=O)C1=COC(Cc2ccccc2)O1)C(CC(N)=O)Cc1ccccc1. The molecule has 0 saturated heterocycles. The van der Waals surface area contributed by atoms with Crippen LogP contribution in [0.1, 0.15) is 17.5 Å². The summed E-state index contributed by atoms with van der Waals surface area (Å²) in [5.74, 6) is -0.663. The zero-order valence-electron chi connectivity index (χ0n) is 15.8. The number of nitrogens with two attached hydrogens (primary N) is 1. The van der Waals surface area contributed by atoms with Crippen molar-refractivity contribution in [2.75, 3.05) is 7.05 Å². The van der Waals surface area contributed by atoms with Crippen molar-refractivity contribution in [1.82, 2.24) is 4.90 Å². The van der Waals surface area contributed by atoms with Crippen LogP contribution in [0.25, 0.3) is 0 Å². The van der Waals surface area contributed by atoms with Crippen LogP contribution in [0.2, 0.25) is 0 Å². The summed E-state index contributed by atoms with van der Waals surface area (Å²) < 4.78 is 11.2. The van der Waals surface area contributed by atoms with Crippen LogP contribution in [0.3, 0.4) is 0 Å². The van der Waals surface area contributed by atoms with Crippen molar-refractivity contribution in [2.45, 2.75) is 31.6 Å². The fourth-order valence-corrected chi connectivity index (χ4v) is 3.14. The number of nitrogens with zero attached hydrogens (tertiary/aromatic N) is 1. The van der Waals surface area contributed by atoms with Gasteiger partial charge in [0.05, 0.1) is 0 Å². The van der Waals surface area contributed by atoms with E-state index >= 15 is 0 Å². The molecule has 0 saturated carbocycles. The Bertz CT molecular complexity index is 836. The predicted molar refractivity (Wildman–Crippen MR) is 105 cm³/mol. The van der Waals surface area contributed by atoms with Gasteiger partial charge in [-0.2, -0.15) is 0 Å². The molecule has 0 fully saturated rings. The number of amides is 2. The van der Waals surface area contributed by atoms with Crippen molar-refractivity contribution in [3.63, 3.8) is 0 Å². The summed E-state index contributed by atoms with van der Waals surface area (Å²) in [5, 5.41) is 0. The smallest absolute Gasteiger partial charge is 0.292 e. The zero-order chi connectivity index (χ0) is 19.9. The molecular formula is C22H24N2O4. The number of rotatable bonds is 8. The van der Waals surface area contributed by atoms with Crippen molar-refractivity contribution in [1.29, 1.82) is 0 Å². The Morgan fingerprint density at radius 2 is 1.64 bits per heavy atom. The summed E-state index contributed by atoms with van der Waals surface area (Å²) >= 11 is 0. The molecule has 6 nitrogen and oxygen atoms in total. The number of ether oxygens (including phenoxy) is 2. The van der Waals surface area contributed by atoms with Crippen molar-refractivity contribution in [3.8, 4) is 0 Å². The molecule has 0 spiro atoms. The summed E-state index contributed by atoms with van der Waals surface area (Å²) in [5.41, 5.74) is 7.47. The minimum absolute atomic E-state index is 0.0682. The van der Waals surface area contributed by atoms with Gasteiger partial charge in [0, 0.05) is 25.9 Å². The average molecular weight is 380 g/mol. The molecule has 146 valence electrons. The summed E-state index contributed by atoms with van der Waals surface area (Å²) in [6, 6.07) is 19.1. The maximum absolute atomic E-state index is 12.9. The topological polar surface area (TPSA) is 81.9 Å². The highest BCUT2D eigenvalue weighted by molar-refractivity contribution is 5.92. The maximum atomic E-state index is 12.9. The lowest BCUT2D eigenvalue weighted by atomic mass is 10.0. The monoisotopic (exact) mass is 380 g/mol. The van der Waals surface area contributed by atoms with E-state index in [2.05, 4.69) is 0 Å². The van der Waals surface area contributed by atoms with Gasteiger partial charge in [0.25, 0.3) is 5.91 Å². The number of carbonyl (C=O) groups excluding carboxylic acids is 2. The van der Waals surface area contributed by atoms with Gasteiger partial charge in [0.15, 0.2) is 0 Å². The lowest BCUT2D eigenvalue weighted by molar-refractivity contribution is -0.134. The first-order chi connectivity index (χ1) is 13.5. The Kier molecular flexibility index (Phi) is 6.32. The van der Waals surface area contributed by atoms with Gasteiger partial charge >= 0.3 is 0 Å². The van der Waals surface area contributed by atoms with E-state index in [-0.39, 0.29) is 24.1 Å². The molecule has 2 N–H and O–H groups in total. The zero-order valence-corrected chi connectivity index (χ0v) is 15.8. The lowest BCUT2D eigenvalue weighted by Gasteiger charge is -2.27. The fraction of sp³-hybridized carbons (Fsp3) is 0.273. The third-order valence-corrected chi connectivity index (χ3v) is 4.66. The molecule has 1 aliphatic heterocycles. The summed E-state index contributed by atoms with van der Waals surface area (Å²) in [6.07, 6.45) is 1.92. The second-order valence-electron chi connectivity index (χ2n) is 6.79. The molecule has 6 heteroatoms. The summed E-state index contributed by atoms with van der Waals surface area (Å²) in [7, 11) is 1.65. The highest BCUT2D eigenvalue weighted by atomic mass is 16.7. The van der Waals surface area contributed by atoms with E-state index < -0.39 is 12.2 Å². The number of hydrogen-bond acceptors (Lipinski definition) is 4. The molecule has 2 unspecified atom stereocenters. The minimum Gasteiger partial charge on any atom is -0.458 e. The Balaban J connectivity index is 1.63. The Hall–Kier alpha value is -3.28. The van der Waals surface area contributed by atoms with Gasteiger partial charge in [-0.1, -0.05) is 60.7 Å². The van der Waals surface area contributed by atoms with Crippen LogP contribution >= 0.6 is 0 Å². The van der Waals surface area contributed by atoms with Crippen LogP contribution < -0.4 is 5.73 Å². The third kappa shape index (κ3) is 5.13. The van der Waals surface area contributed by atoms with Crippen molar-refractivity contribution in [3.05, 3.63) is 83.8 Å². The standard InChI is InChI=1S/C22H24N2O4/c1-24(18(14-20(23)25)12-16-8-4-2-5-9-16)22(26)19-15-27-21(28-19)13-17-10-6-3-7-11-17/h2-11,15,18,21H,12-14H2,1H3,(H2,23,25). The highest BCUT2D eigenvalue weighted by Gasteiger charge is 2.31. The van der Waals surface area contributed by atoms with Crippen LogP contribution in [0, 0.1) is 0 Å². The number of likely N-dealkylation sites (N-methyl/N-ethyl adjacent to an activating group) is 1. The van der Waals surface area contributed by atoms with Crippen molar-refractivity contribution >= 4 is 11.8 Å². The largest absolute Gasteiger partial charge is 0.458 e. The molecule has 1 aliphatic rings. The second kappa shape index (κ2) is 9.08. The predicted octanol–water partition coefficient (Wildman–Crippen LogP) is 2.39. The number of primary amides is 1. The van der Waals surface area contributed by atoms with E-state index in [0.29, 0.717) is 12.8 Å². The fourth-order valence-electron chi connectivity index (χ4n) is 3.14. The summed E-state index contributed by atoms with van der Waals surface area (Å²) in [4.78, 5) is 25.9. The van der Waals surface area contributed by atoms with E-state index in [1.54, 1.807) is 7.05 Å². The van der Waals surface area contributed by atoms with Crippen molar-refractivity contribution in [2.24, 2.45) is 5.73 Å². The van der Waals surface area contributed by atoms with E-state index in [1.165, 1.54) is 11.2 Å². The van der Waals surface area contributed by atoms with E-state index in [0.717, 1.165) is 11.1 Å². The quantitative estimate of drug-likeness (QED) is 0.762. The molecule has 0 aliphatic carbocycles. The first-order valence-electron chi connectivity index (χ1n) is 9.18. The van der Waals surface area contributed by atoms with Gasteiger partial charge in [-0.25, -0.2) is 0 Å². The van der Waals surface area contributed by atoms with Crippen LogP contribution in [0.15, 0.2) is 72.7 Å². The number of hydrogen-bond donors (Lipinski definition) is 1. The molecular weight excluding hydrogens is 356 g/mol. The number of carbonyl (C=O) groups is 2. The van der Waals surface area contributed by atoms with Crippen LogP contribution in [0.5, 0.6) is 0 Å². The molecule has 2 aromatic rings. The Morgan fingerprint density at radius 3 is 2.25 bits per heavy atom. The molecule has 2 amide bonds. The van der Waals surface area contributed by atoms with Gasteiger partial charge in [0.2, 0.25) is 18.0 Å². The maximum Gasteiger partial charge on any atom is 0.292 e. The third-order valence-electron chi connectivity index (χ3n) is 4.66. The minimum atomic E-state index is -0.543. The molecule has 0 radical (unpaired) electrons. The second-order valence-corrected chi connectivity index (χ2v) is 6.79. The first kappa shape index (κ1) is 19.5. The van der Waals surface area contributed by atoms with Crippen molar-refractivity contribution < 1.29 is 19.1 Å². The van der Waals surface area contributed by atoms with Crippen LogP contribution in [-0.4, -0.2) is 36.1 Å². The molecule has 28 heavy (non-hydrogen) atoms. The van der Waals surface area contributed by atoms with E-state index in [1.807, 2.05) is 60.7 Å². The van der Waals surface area contributed by atoms with E-state index in [4.69, 9.17) is 15.2 Å². The van der Waals surface area contributed by atoms with Gasteiger partial charge in [0.1, 0.15) is 6.26 Å². The van der Waals surface area contributed by atoms with Gasteiger partial charge in [-0.05, 0) is 17.5 Å². The highest BCUT2D eigenvalue weighted by Crippen LogP contribution is 2.22. The molecule has 0 aromatic heterocycles. The summed E-state index contributed by atoms with van der Waals surface area (Å²) in [6.45, 7) is 0. The molecule has 1 heterocycles. The lowest BCUT2D eigenvalue weighted by Crippen LogP contribution is -2.42. The molecule has 2 atom stereocenters. The Labute approximate surface area is 164 Å². The molecule has 3 rings (SSSR count). The number of benzene rings is 2. The molecule has 2 aromatic carbocycles. The van der Waals surface area contributed by atoms with Gasteiger partial charge in [-0.15, -0.1) is 0 Å². The van der Waals surface area contributed by atoms with Crippen LogP contribution in [-0.2, 0) is 31.9 Å². The molecule has 0 bridgehead atoms. The van der Waals surface area contributed by atoms with E-state index in [9.17, 15) is 9.59 Å².